The first-order valence-electron chi connectivity index (χ1n) is 10.8. The molecule has 5 aromatic rings. The van der Waals surface area contributed by atoms with E-state index >= 15 is 0 Å². The number of rotatable bonds is 5. The quantitative estimate of drug-likeness (QED) is 0.296. The highest BCUT2D eigenvalue weighted by molar-refractivity contribution is 7.99. The Bertz CT molecular complexity index is 1380. The van der Waals surface area contributed by atoms with Crippen molar-refractivity contribution in [2.45, 2.75) is 37.1 Å². The largest absolute Gasteiger partial charge is 0.249 e. The molecule has 3 aromatic carbocycles. The van der Waals surface area contributed by atoms with E-state index in [1.807, 2.05) is 6.07 Å². The molecule has 0 unspecified atom stereocenters. The van der Waals surface area contributed by atoms with Crippen LogP contribution in [0.15, 0.2) is 101 Å². The lowest BCUT2D eigenvalue weighted by atomic mass is 10.1. The molecule has 0 N–H and O–H groups in total. The predicted octanol–water partition coefficient (Wildman–Crippen LogP) is 6.44. The highest BCUT2D eigenvalue weighted by atomic mass is 32.2. The molecule has 0 atom stereocenters. The first kappa shape index (κ1) is 20.5. The molecule has 0 spiro atoms. The molecular formula is C28H26N3S+. The van der Waals surface area contributed by atoms with Gasteiger partial charge in [0.2, 0.25) is 6.33 Å². The predicted molar refractivity (Wildman–Crippen MR) is 132 cm³/mol. The lowest BCUT2D eigenvalue weighted by molar-refractivity contribution is -0.688. The van der Waals surface area contributed by atoms with Gasteiger partial charge < -0.3 is 0 Å². The monoisotopic (exact) mass is 436 g/mol. The van der Waals surface area contributed by atoms with Crippen LogP contribution in [0.5, 0.6) is 0 Å². The third kappa shape index (κ3) is 4.19. The second-order valence-electron chi connectivity index (χ2n) is 8.29. The maximum absolute atomic E-state index is 5.04. The van der Waals surface area contributed by atoms with Crippen molar-refractivity contribution in [2.24, 2.45) is 0 Å². The fraction of sp³-hybridized carbons (Fsp3) is 0.143. The summed E-state index contributed by atoms with van der Waals surface area (Å²) in [7, 11) is 0. The van der Waals surface area contributed by atoms with Gasteiger partial charge in [-0.1, -0.05) is 65.9 Å². The van der Waals surface area contributed by atoms with Crippen molar-refractivity contribution in [2.75, 3.05) is 0 Å². The molecule has 0 saturated heterocycles. The SMILES string of the molecule is Cc1cc(C)c(-n2cc[n+](Cc3ccc4cccc(Sc5ccccc5)c4n3)c2)c(C)c1. The molecular weight excluding hydrogens is 410 g/mol. The van der Waals surface area contributed by atoms with Gasteiger partial charge >= 0.3 is 0 Å². The average molecular weight is 437 g/mol. The van der Waals surface area contributed by atoms with Gasteiger partial charge in [0.1, 0.15) is 24.6 Å². The van der Waals surface area contributed by atoms with Crippen LogP contribution >= 0.6 is 11.8 Å². The normalized spacial score (nSPS) is 11.2. The molecule has 2 aromatic heterocycles. The van der Waals surface area contributed by atoms with Crippen LogP contribution in [0.3, 0.4) is 0 Å². The van der Waals surface area contributed by atoms with Gasteiger partial charge in [-0.15, -0.1) is 0 Å². The Morgan fingerprint density at radius 3 is 2.44 bits per heavy atom. The van der Waals surface area contributed by atoms with Crippen molar-refractivity contribution in [3.8, 4) is 5.69 Å². The number of hydrogen-bond acceptors (Lipinski definition) is 2. The van der Waals surface area contributed by atoms with E-state index in [-0.39, 0.29) is 0 Å². The summed E-state index contributed by atoms with van der Waals surface area (Å²) < 4.78 is 4.40. The van der Waals surface area contributed by atoms with Crippen LogP contribution in [0.2, 0.25) is 0 Å². The molecule has 0 aliphatic rings. The fourth-order valence-electron chi connectivity index (χ4n) is 4.33. The summed E-state index contributed by atoms with van der Waals surface area (Å²) >= 11 is 1.76. The number of nitrogens with zero attached hydrogens (tertiary/aromatic N) is 3. The Balaban J connectivity index is 1.45. The number of aryl methyl sites for hydroxylation is 3. The molecule has 0 radical (unpaired) electrons. The third-order valence-electron chi connectivity index (χ3n) is 5.64. The van der Waals surface area contributed by atoms with Gasteiger partial charge in [0.25, 0.3) is 0 Å². The summed E-state index contributed by atoms with van der Waals surface area (Å²) in [5.74, 6) is 0. The van der Waals surface area contributed by atoms with Crippen molar-refractivity contribution in [3.05, 3.63) is 114 Å². The average Bonchev–Trinajstić information content (AvgIpc) is 3.22. The van der Waals surface area contributed by atoms with Gasteiger partial charge in [-0.2, -0.15) is 0 Å². The fourth-order valence-corrected chi connectivity index (χ4v) is 5.29. The first-order valence-corrected chi connectivity index (χ1v) is 11.7. The zero-order valence-electron chi connectivity index (χ0n) is 18.6. The van der Waals surface area contributed by atoms with Gasteiger partial charge in [0.15, 0.2) is 0 Å². The van der Waals surface area contributed by atoms with E-state index in [0.717, 1.165) is 17.8 Å². The molecule has 0 saturated carbocycles. The summed E-state index contributed by atoms with van der Waals surface area (Å²) in [6.07, 6.45) is 6.40. The summed E-state index contributed by atoms with van der Waals surface area (Å²) in [6.45, 7) is 7.24. The van der Waals surface area contributed by atoms with Crippen LogP contribution < -0.4 is 4.57 Å². The van der Waals surface area contributed by atoms with Gasteiger partial charge in [-0.3, -0.25) is 0 Å². The van der Waals surface area contributed by atoms with Crippen LogP contribution in [0.1, 0.15) is 22.4 Å². The second kappa shape index (κ2) is 8.64. The van der Waals surface area contributed by atoms with Gasteiger partial charge in [0.05, 0.1) is 11.2 Å². The minimum atomic E-state index is 0.733. The molecule has 0 aliphatic carbocycles. The highest BCUT2D eigenvalue weighted by Gasteiger charge is 2.14. The zero-order chi connectivity index (χ0) is 22.1. The Kier molecular flexibility index (Phi) is 5.54. The number of fused-ring (bicyclic) bond motifs is 1. The maximum Gasteiger partial charge on any atom is 0.249 e. The van der Waals surface area contributed by atoms with Crippen molar-refractivity contribution < 1.29 is 4.57 Å². The van der Waals surface area contributed by atoms with Crippen LogP contribution in [0, 0.1) is 20.8 Å². The topological polar surface area (TPSA) is 21.7 Å². The number of pyridine rings is 1. The summed E-state index contributed by atoms with van der Waals surface area (Å²) in [6, 6.07) is 25.7. The van der Waals surface area contributed by atoms with E-state index in [1.165, 1.54) is 37.6 Å². The van der Waals surface area contributed by atoms with E-state index in [1.54, 1.807) is 11.8 Å². The molecule has 32 heavy (non-hydrogen) atoms. The molecule has 4 heteroatoms. The smallest absolute Gasteiger partial charge is 0.247 e. The number of benzene rings is 3. The number of aromatic nitrogens is 3. The lowest BCUT2D eigenvalue weighted by Gasteiger charge is -2.08. The van der Waals surface area contributed by atoms with Gasteiger partial charge in [-0.25, -0.2) is 14.1 Å². The van der Waals surface area contributed by atoms with Crippen molar-refractivity contribution in [3.63, 3.8) is 0 Å². The lowest BCUT2D eigenvalue weighted by Crippen LogP contribution is -2.32. The molecule has 0 bridgehead atoms. The molecule has 158 valence electrons. The van der Waals surface area contributed by atoms with E-state index in [2.05, 4.69) is 115 Å². The molecule has 2 heterocycles. The number of imidazole rings is 1. The number of para-hydroxylation sites is 1. The van der Waals surface area contributed by atoms with E-state index in [9.17, 15) is 0 Å². The summed E-state index contributed by atoms with van der Waals surface area (Å²) in [4.78, 5) is 7.45. The standard InChI is InChI=1S/C28H26N3S/c1-20-16-21(2)28(22(3)17-20)31-15-14-30(19-31)18-24-13-12-23-8-7-11-26(27(23)29-24)32-25-9-5-4-6-10-25/h4-17,19H,18H2,1-3H3/q+1. The highest BCUT2D eigenvalue weighted by Crippen LogP contribution is 2.32. The van der Waals surface area contributed by atoms with Crippen molar-refractivity contribution in [1.82, 2.24) is 9.55 Å². The van der Waals surface area contributed by atoms with Crippen LogP contribution in [0.25, 0.3) is 16.6 Å². The van der Waals surface area contributed by atoms with Crippen molar-refractivity contribution >= 4 is 22.7 Å². The third-order valence-corrected chi connectivity index (χ3v) is 6.70. The van der Waals surface area contributed by atoms with E-state index in [4.69, 9.17) is 4.98 Å². The van der Waals surface area contributed by atoms with Crippen LogP contribution in [-0.4, -0.2) is 9.55 Å². The van der Waals surface area contributed by atoms with Gasteiger partial charge in [0, 0.05) is 15.2 Å². The van der Waals surface area contributed by atoms with Gasteiger partial charge in [-0.05, 0) is 56.2 Å². The molecule has 0 fully saturated rings. The summed E-state index contributed by atoms with van der Waals surface area (Å²) in [5, 5.41) is 1.17. The van der Waals surface area contributed by atoms with E-state index < -0.39 is 0 Å². The first-order chi connectivity index (χ1) is 15.6. The maximum atomic E-state index is 5.04. The molecule has 0 amide bonds. The molecule has 5 rings (SSSR count). The zero-order valence-corrected chi connectivity index (χ0v) is 19.4. The van der Waals surface area contributed by atoms with Crippen LogP contribution in [-0.2, 0) is 6.54 Å². The Morgan fingerprint density at radius 2 is 1.66 bits per heavy atom. The second-order valence-corrected chi connectivity index (χ2v) is 9.40. The van der Waals surface area contributed by atoms with Crippen molar-refractivity contribution in [1.29, 1.82) is 0 Å². The minimum absolute atomic E-state index is 0.733. The number of hydrogen-bond donors (Lipinski definition) is 0. The van der Waals surface area contributed by atoms with Crippen LogP contribution in [0.4, 0.5) is 0 Å². The minimum Gasteiger partial charge on any atom is -0.247 e. The molecule has 3 nitrogen and oxygen atoms in total. The molecule has 0 aliphatic heterocycles. The Labute approximate surface area is 193 Å². The summed E-state index contributed by atoms with van der Waals surface area (Å²) in [5.41, 5.74) is 7.24. The Morgan fingerprint density at radius 1 is 0.875 bits per heavy atom. The van der Waals surface area contributed by atoms with E-state index in [0.29, 0.717) is 0 Å². The Hall–Kier alpha value is -3.37.